The zero-order valence-corrected chi connectivity index (χ0v) is 4.29. The van der Waals surface area contributed by atoms with Crippen molar-refractivity contribution in [2.45, 2.75) is 6.42 Å². The molecule has 3 heteroatoms. The van der Waals surface area contributed by atoms with Crippen LogP contribution in [-0.4, -0.2) is 12.3 Å². The van der Waals surface area contributed by atoms with Crippen LogP contribution in [-0.2, 0) is 0 Å². The Kier molecular flexibility index (Phi) is 1.80. The average molecular weight is 103 g/mol. The molecule has 0 saturated carbocycles. The normalized spacial score (nSPS) is 24.0. The topological polar surface area (TPSA) is 26.1 Å². The van der Waals surface area contributed by atoms with Gasteiger partial charge in [-0.15, -0.1) is 0 Å². The molecule has 0 amide bonds. The van der Waals surface area contributed by atoms with Crippen molar-refractivity contribution in [2.75, 3.05) is 12.3 Å². The van der Waals surface area contributed by atoms with E-state index in [-0.39, 0.29) is 0 Å². The Balaban J connectivity index is 2.00. The number of nitrogens with one attached hydrogen (secondary N) is 1. The standard InChI is InChI=1S/C3H7N2S/c1-2-4-5-6-3-1/h4H,1-3H2. The van der Waals surface area contributed by atoms with Crippen LogP contribution in [0, 0.1) is 0 Å². The third kappa shape index (κ3) is 1.16. The van der Waals surface area contributed by atoms with E-state index in [0.29, 0.717) is 0 Å². The van der Waals surface area contributed by atoms with Gasteiger partial charge in [0.15, 0.2) is 0 Å². The van der Waals surface area contributed by atoms with Crippen molar-refractivity contribution in [3.8, 4) is 0 Å². The van der Waals surface area contributed by atoms with Crippen LogP contribution in [0.15, 0.2) is 0 Å². The Bertz CT molecular complexity index is 24.3. The van der Waals surface area contributed by atoms with Gasteiger partial charge in [-0.3, -0.25) is 0 Å². The van der Waals surface area contributed by atoms with Crippen LogP contribution in [0.3, 0.4) is 0 Å². The first-order valence-electron chi connectivity index (χ1n) is 2.05. The zero-order chi connectivity index (χ0) is 4.24. The summed E-state index contributed by atoms with van der Waals surface area (Å²) in [6.07, 6.45) is 1.26. The van der Waals surface area contributed by atoms with E-state index >= 15 is 0 Å². The smallest absolute Gasteiger partial charge is 0.0134 e. The fourth-order valence-electron chi connectivity index (χ4n) is 0.353. The maximum atomic E-state index is 3.84. The number of hydrogen-bond acceptors (Lipinski definition) is 2. The van der Waals surface area contributed by atoms with Crippen LogP contribution in [0.1, 0.15) is 6.42 Å². The van der Waals surface area contributed by atoms with Crippen LogP contribution < -0.4 is 10.3 Å². The largest absolute Gasteiger partial charge is 0.229 e. The lowest BCUT2D eigenvalue weighted by atomic mass is 10.5. The van der Waals surface area contributed by atoms with E-state index in [1.165, 1.54) is 12.2 Å². The molecule has 1 aliphatic heterocycles. The van der Waals surface area contributed by atoms with Gasteiger partial charge < -0.3 is 0 Å². The Hall–Kier alpha value is 0.270. The number of nitrogens with zero attached hydrogens (tertiary/aromatic N) is 1. The average Bonchev–Trinajstić information content (AvgIpc) is 1.72. The van der Waals surface area contributed by atoms with Crippen LogP contribution in [0.25, 0.3) is 0 Å². The molecule has 1 aliphatic rings. The first kappa shape index (κ1) is 4.43. The molecule has 0 aromatic carbocycles. The van der Waals surface area contributed by atoms with Crippen LogP contribution in [0.2, 0.25) is 0 Å². The summed E-state index contributed by atoms with van der Waals surface area (Å²) in [7, 11) is 0. The van der Waals surface area contributed by atoms with Crippen molar-refractivity contribution in [3.05, 3.63) is 0 Å². The van der Waals surface area contributed by atoms with E-state index in [9.17, 15) is 0 Å². The fraction of sp³-hybridized carbons (Fsp3) is 1.00. The Labute approximate surface area is 41.8 Å². The summed E-state index contributed by atoms with van der Waals surface area (Å²) >= 11 is 1.61. The van der Waals surface area contributed by atoms with Gasteiger partial charge in [0.1, 0.15) is 0 Å². The second kappa shape index (κ2) is 2.44. The third-order valence-electron chi connectivity index (χ3n) is 0.653. The van der Waals surface area contributed by atoms with Crippen molar-refractivity contribution in [2.24, 2.45) is 0 Å². The molecule has 1 heterocycles. The lowest BCUT2D eigenvalue weighted by molar-refractivity contribution is 0.639. The van der Waals surface area contributed by atoms with Gasteiger partial charge in [0, 0.05) is 12.3 Å². The van der Waals surface area contributed by atoms with Crippen LogP contribution in [0.4, 0.5) is 0 Å². The summed E-state index contributed by atoms with van der Waals surface area (Å²) in [5.41, 5.74) is 2.87. The van der Waals surface area contributed by atoms with Crippen molar-refractivity contribution in [1.82, 2.24) is 10.3 Å². The minimum atomic E-state index is 1.06. The first-order chi connectivity index (χ1) is 3.00. The molecule has 0 aliphatic carbocycles. The van der Waals surface area contributed by atoms with Crippen LogP contribution in [0.5, 0.6) is 0 Å². The van der Waals surface area contributed by atoms with E-state index < -0.39 is 0 Å². The molecule has 0 unspecified atom stereocenters. The monoisotopic (exact) mass is 103 g/mol. The quantitative estimate of drug-likeness (QED) is 0.441. The van der Waals surface area contributed by atoms with E-state index in [4.69, 9.17) is 0 Å². The van der Waals surface area contributed by atoms with Gasteiger partial charge in [0.2, 0.25) is 0 Å². The molecule has 1 rings (SSSR count). The van der Waals surface area contributed by atoms with E-state index in [2.05, 4.69) is 10.3 Å². The van der Waals surface area contributed by atoms with Gasteiger partial charge in [-0.2, -0.15) is 0 Å². The predicted molar refractivity (Wildman–Crippen MR) is 27.2 cm³/mol. The molecule has 1 N–H and O–H groups in total. The van der Waals surface area contributed by atoms with Gasteiger partial charge in [0.05, 0.1) is 0 Å². The Morgan fingerprint density at radius 1 is 1.67 bits per heavy atom. The summed E-state index contributed by atoms with van der Waals surface area (Å²) < 4.78 is 0. The van der Waals surface area contributed by atoms with Gasteiger partial charge in [-0.05, 0) is 18.4 Å². The molecule has 0 aromatic rings. The second-order valence-electron chi connectivity index (χ2n) is 1.19. The van der Waals surface area contributed by atoms with E-state index in [0.717, 1.165) is 6.54 Å². The van der Waals surface area contributed by atoms with Crippen molar-refractivity contribution in [1.29, 1.82) is 0 Å². The fourth-order valence-corrected chi connectivity index (χ4v) is 0.900. The second-order valence-corrected chi connectivity index (χ2v) is 2.04. The number of hydrogen-bond donors (Lipinski definition) is 1. The van der Waals surface area contributed by atoms with E-state index in [1.54, 1.807) is 11.9 Å². The van der Waals surface area contributed by atoms with Gasteiger partial charge in [0.25, 0.3) is 0 Å². The summed E-state index contributed by atoms with van der Waals surface area (Å²) in [6, 6.07) is 0. The highest BCUT2D eigenvalue weighted by Gasteiger charge is 1.95. The highest BCUT2D eigenvalue weighted by molar-refractivity contribution is 7.97. The third-order valence-corrected chi connectivity index (χ3v) is 1.38. The SMILES string of the molecule is C1CN[N]SC1. The van der Waals surface area contributed by atoms with Gasteiger partial charge in [-0.1, -0.05) is 4.83 Å². The van der Waals surface area contributed by atoms with Crippen molar-refractivity contribution >= 4 is 11.9 Å². The summed E-state index contributed by atoms with van der Waals surface area (Å²) in [5.74, 6) is 1.19. The summed E-state index contributed by atoms with van der Waals surface area (Å²) in [6.45, 7) is 1.06. The molecule has 0 aromatic heterocycles. The molecule has 0 atom stereocenters. The molecule has 2 nitrogen and oxygen atoms in total. The Morgan fingerprint density at radius 2 is 2.67 bits per heavy atom. The van der Waals surface area contributed by atoms with E-state index in [1.807, 2.05) is 0 Å². The minimum Gasteiger partial charge on any atom is -0.229 e. The summed E-state index contributed by atoms with van der Waals surface area (Å²) in [4.78, 5) is 3.84. The summed E-state index contributed by atoms with van der Waals surface area (Å²) in [5, 5.41) is 0. The minimum absolute atomic E-state index is 1.06. The maximum absolute atomic E-state index is 3.84. The molecule has 6 heavy (non-hydrogen) atoms. The van der Waals surface area contributed by atoms with Gasteiger partial charge in [-0.25, -0.2) is 5.43 Å². The molecular formula is C3H7N2S. The molecule has 0 spiro atoms. The Morgan fingerprint density at radius 3 is 2.83 bits per heavy atom. The van der Waals surface area contributed by atoms with Gasteiger partial charge >= 0.3 is 0 Å². The molecule has 1 radical (unpaired) electrons. The van der Waals surface area contributed by atoms with Crippen LogP contribution >= 0.6 is 11.9 Å². The molecule has 1 fully saturated rings. The molecule has 35 valence electrons. The first-order valence-corrected chi connectivity index (χ1v) is 2.99. The lowest BCUT2D eigenvalue weighted by Crippen LogP contribution is -2.25. The van der Waals surface area contributed by atoms with Crippen molar-refractivity contribution in [3.63, 3.8) is 0 Å². The van der Waals surface area contributed by atoms with Crippen molar-refractivity contribution < 1.29 is 0 Å². The molecule has 1 saturated heterocycles. The highest BCUT2D eigenvalue weighted by atomic mass is 32.2. The highest BCUT2D eigenvalue weighted by Crippen LogP contribution is 1.99. The lowest BCUT2D eigenvalue weighted by Gasteiger charge is -2.07. The molecular weight excluding hydrogens is 96.1 g/mol. The molecule has 0 bridgehead atoms. The predicted octanol–water partition coefficient (Wildman–Crippen LogP) is 0.147. The zero-order valence-electron chi connectivity index (χ0n) is 3.48. The number of rotatable bonds is 0. The maximum Gasteiger partial charge on any atom is 0.0134 e.